The smallest absolute Gasteiger partial charge is 0.164 e. The number of nitrogens with one attached hydrogen (secondary N) is 2. The maximum absolute atomic E-state index is 9.14. The van der Waals surface area contributed by atoms with Crippen molar-refractivity contribution in [3.63, 3.8) is 0 Å². The first-order chi connectivity index (χ1) is 17.6. The Bertz CT molecular complexity index is 1720. The molecule has 0 saturated heterocycles. The molecule has 5 heterocycles. The van der Waals surface area contributed by atoms with Crippen molar-refractivity contribution < 1.29 is 0 Å². The highest BCUT2D eigenvalue weighted by Gasteiger charge is 2.16. The number of para-hydroxylation sites is 2. The van der Waals surface area contributed by atoms with Gasteiger partial charge in [0.05, 0.1) is 29.0 Å². The lowest BCUT2D eigenvalue weighted by molar-refractivity contribution is 0.631. The average Bonchev–Trinajstić information content (AvgIpc) is 3.61. The van der Waals surface area contributed by atoms with Crippen molar-refractivity contribution in [2.24, 2.45) is 0 Å². The van der Waals surface area contributed by atoms with E-state index in [9.17, 15) is 0 Å². The van der Waals surface area contributed by atoms with E-state index in [1.807, 2.05) is 36.5 Å². The molecule has 176 valence electrons. The lowest BCUT2D eigenvalue weighted by atomic mass is 10.1. The van der Waals surface area contributed by atoms with Crippen molar-refractivity contribution in [2.45, 2.75) is 26.4 Å². The summed E-state index contributed by atoms with van der Waals surface area (Å²) in [5.74, 6) is 1.41. The molecule has 36 heavy (non-hydrogen) atoms. The third-order valence-corrected chi connectivity index (χ3v) is 5.65. The van der Waals surface area contributed by atoms with Crippen LogP contribution in [0, 0.1) is 11.3 Å². The third kappa shape index (κ3) is 3.90. The molecule has 0 amide bonds. The summed E-state index contributed by atoms with van der Waals surface area (Å²) in [7, 11) is 0. The van der Waals surface area contributed by atoms with E-state index in [0.29, 0.717) is 29.3 Å². The zero-order chi connectivity index (χ0) is 24.6. The van der Waals surface area contributed by atoms with E-state index in [1.165, 1.54) is 6.20 Å². The highest BCUT2D eigenvalue weighted by atomic mass is 15.4. The Hall–Kier alpha value is -5.11. The fourth-order valence-electron chi connectivity index (χ4n) is 4.08. The average molecular weight is 476 g/mol. The number of nitriles is 1. The van der Waals surface area contributed by atoms with Crippen LogP contribution in [0.15, 0.2) is 61.2 Å². The monoisotopic (exact) mass is 475 g/mol. The van der Waals surface area contributed by atoms with Gasteiger partial charge in [0.1, 0.15) is 24.1 Å². The molecule has 0 bridgehead atoms. The lowest BCUT2D eigenvalue weighted by Gasteiger charge is -2.14. The van der Waals surface area contributed by atoms with Crippen molar-refractivity contribution in [3.8, 4) is 23.1 Å². The third-order valence-electron chi connectivity index (χ3n) is 5.65. The topological polar surface area (TPSA) is 139 Å². The molecule has 0 aliphatic carbocycles. The minimum absolute atomic E-state index is 0.176. The number of hydrogen-bond acceptors (Lipinski definition) is 8. The summed E-state index contributed by atoms with van der Waals surface area (Å²) < 4.78 is 3.40. The van der Waals surface area contributed by atoms with Crippen LogP contribution in [0.25, 0.3) is 39.1 Å². The van der Waals surface area contributed by atoms with Gasteiger partial charge in [0.25, 0.3) is 0 Å². The van der Waals surface area contributed by atoms with E-state index >= 15 is 0 Å². The molecule has 11 heteroatoms. The van der Waals surface area contributed by atoms with Crippen LogP contribution in [0.2, 0.25) is 0 Å². The number of rotatable bonds is 6. The van der Waals surface area contributed by atoms with E-state index in [0.717, 1.165) is 33.5 Å². The van der Waals surface area contributed by atoms with Crippen LogP contribution in [0.3, 0.4) is 0 Å². The molecule has 0 aliphatic heterocycles. The van der Waals surface area contributed by atoms with Crippen LogP contribution in [0.1, 0.15) is 25.2 Å². The molecule has 0 radical (unpaired) electrons. The van der Waals surface area contributed by atoms with Gasteiger partial charge in [-0.05, 0) is 32.0 Å². The lowest BCUT2D eigenvalue weighted by Crippen LogP contribution is -2.12. The van der Waals surface area contributed by atoms with Crippen molar-refractivity contribution >= 4 is 27.8 Å². The van der Waals surface area contributed by atoms with E-state index in [1.54, 1.807) is 27.8 Å². The van der Waals surface area contributed by atoms with Crippen LogP contribution in [-0.4, -0.2) is 50.8 Å². The van der Waals surface area contributed by atoms with Gasteiger partial charge in [-0.15, -0.1) is 5.10 Å². The van der Waals surface area contributed by atoms with Gasteiger partial charge in [0.15, 0.2) is 11.5 Å². The second kappa shape index (κ2) is 8.59. The van der Waals surface area contributed by atoms with Crippen LogP contribution < -0.4 is 5.32 Å². The molecule has 5 aromatic heterocycles. The van der Waals surface area contributed by atoms with E-state index in [2.05, 4.69) is 60.6 Å². The standard InChI is InChI=1S/C25H21N11/c1-15(2)30-21-8-24(36-25-17(11-29-36)7-16(9-26)10-28-25)27-12-18(21)22-13-35(34-33-22)14-23-31-19-5-3-4-6-20(19)32-23/h3-8,10-13,15H,14H2,1-2H3,(H,27,30)(H,31,32). The molecule has 6 aromatic rings. The molecular weight excluding hydrogens is 454 g/mol. The quantitative estimate of drug-likeness (QED) is 0.372. The van der Waals surface area contributed by atoms with Crippen molar-refractivity contribution in [2.75, 3.05) is 5.32 Å². The first-order valence-corrected chi connectivity index (χ1v) is 11.4. The number of imidazole rings is 1. The Morgan fingerprint density at radius 3 is 2.83 bits per heavy atom. The second-order valence-corrected chi connectivity index (χ2v) is 8.69. The number of anilines is 1. The molecule has 11 nitrogen and oxygen atoms in total. The fraction of sp³-hybridized carbons (Fsp3) is 0.160. The van der Waals surface area contributed by atoms with Gasteiger partial charge in [-0.3, -0.25) is 0 Å². The molecule has 2 N–H and O–H groups in total. The predicted molar refractivity (Wildman–Crippen MR) is 134 cm³/mol. The number of aromatic nitrogens is 9. The van der Waals surface area contributed by atoms with Crippen molar-refractivity contribution in [1.29, 1.82) is 5.26 Å². The van der Waals surface area contributed by atoms with Gasteiger partial charge in [-0.25, -0.2) is 19.6 Å². The fourth-order valence-corrected chi connectivity index (χ4v) is 4.08. The minimum Gasteiger partial charge on any atom is -0.382 e. The largest absolute Gasteiger partial charge is 0.382 e. The zero-order valence-corrected chi connectivity index (χ0v) is 19.6. The summed E-state index contributed by atoms with van der Waals surface area (Å²) in [4.78, 5) is 17.0. The Labute approximate surface area is 205 Å². The molecular formula is C25H21N11. The molecule has 0 saturated carbocycles. The normalized spacial score (nSPS) is 11.4. The number of H-pyrrole nitrogens is 1. The first kappa shape index (κ1) is 21.4. The first-order valence-electron chi connectivity index (χ1n) is 11.4. The van der Waals surface area contributed by atoms with E-state index in [-0.39, 0.29) is 6.04 Å². The maximum Gasteiger partial charge on any atom is 0.164 e. The SMILES string of the molecule is CC(C)Nc1cc(-n2ncc3cc(C#N)cnc32)ncc1-c1cn(Cc2nc3ccccc3[nH]2)nn1. The van der Waals surface area contributed by atoms with Gasteiger partial charge < -0.3 is 10.3 Å². The summed E-state index contributed by atoms with van der Waals surface area (Å²) in [5, 5.41) is 26.5. The molecule has 6 rings (SSSR count). The summed E-state index contributed by atoms with van der Waals surface area (Å²) in [6, 6.07) is 13.9. The highest BCUT2D eigenvalue weighted by molar-refractivity contribution is 5.79. The number of pyridine rings is 2. The van der Waals surface area contributed by atoms with Crippen molar-refractivity contribution in [1.82, 2.24) is 44.7 Å². The maximum atomic E-state index is 9.14. The minimum atomic E-state index is 0.176. The Morgan fingerprint density at radius 2 is 2.00 bits per heavy atom. The molecule has 0 unspecified atom stereocenters. The molecule has 0 aliphatic rings. The number of fused-ring (bicyclic) bond motifs is 2. The molecule has 1 aromatic carbocycles. The number of hydrogen-bond donors (Lipinski definition) is 2. The Morgan fingerprint density at radius 1 is 1.11 bits per heavy atom. The van der Waals surface area contributed by atoms with Gasteiger partial charge in [0, 0.05) is 41.1 Å². The zero-order valence-electron chi connectivity index (χ0n) is 19.6. The Balaban J connectivity index is 1.34. The predicted octanol–water partition coefficient (Wildman–Crippen LogP) is 3.69. The molecule has 0 fully saturated rings. The van der Waals surface area contributed by atoms with Gasteiger partial charge in [-0.2, -0.15) is 15.0 Å². The number of aromatic amines is 1. The number of nitrogens with zero attached hydrogens (tertiary/aromatic N) is 9. The van der Waals surface area contributed by atoms with Gasteiger partial charge >= 0.3 is 0 Å². The van der Waals surface area contributed by atoms with Crippen molar-refractivity contribution in [3.05, 3.63) is 72.6 Å². The van der Waals surface area contributed by atoms with E-state index < -0.39 is 0 Å². The summed E-state index contributed by atoms with van der Waals surface area (Å²) in [5.41, 5.74) is 5.37. The van der Waals surface area contributed by atoms with Gasteiger partial charge in [0.2, 0.25) is 0 Å². The highest BCUT2D eigenvalue weighted by Crippen LogP contribution is 2.29. The second-order valence-electron chi connectivity index (χ2n) is 8.69. The summed E-state index contributed by atoms with van der Waals surface area (Å²) in [6.45, 7) is 4.60. The Kier molecular flexibility index (Phi) is 5.11. The molecule has 0 spiro atoms. The van der Waals surface area contributed by atoms with E-state index in [4.69, 9.17) is 5.26 Å². The summed E-state index contributed by atoms with van der Waals surface area (Å²) >= 11 is 0. The van der Waals surface area contributed by atoms with Gasteiger partial charge in [-0.1, -0.05) is 17.3 Å². The number of benzene rings is 1. The summed E-state index contributed by atoms with van der Waals surface area (Å²) in [6.07, 6.45) is 6.84. The van der Waals surface area contributed by atoms with Crippen LogP contribution in [-0.2, 0) is 6.54 Å². The molecule has 0 atom stereocenters. The van der Waals surface area contributed by atoms with Crippen LogP contribution in [0.4, 0.5) is 5.69 Å². The van der Waals surface area contributed by atoms with Crippen LogP contribution in [0.5, 0.6) is 0 Å². The van der Waals surface area contributed by atoms with Crippen LogP contribution >= 0.6 is 0 Å².